The van der Waals surface area contributed by atoms with Gasteiger partial charge in [-0.3, -0.25) is 4.79 Å². The molecule has 0 saturated heterocycles. The fourth-order valence-corrected chi connectivity index (χ4v) is 6.58. The fourth-order valence-electron chi connectivity index (χ4n) is 6.58. The zero-order valence-corrected chi connectivity index (χ0v) is 13.9. The van der Waals surface area contributed by atoms with Gasteiger partial charge in [0.2, 0.25) is 0 Å². The van der Waals surface area contributed by atoms with Crippen molar-refractivity contribution in [2.75, 3.05) is 0 Å². The molecule has 6 unspecified atom stereocenters. The van der Waals surface area contributed by atoms with E-state index in [0.717, 1.165) is 44.4 Å². The summed E-state index contributed by atoms with van der Waals surface area (Å²) >= 11 is 0. The molecule has 0 radical (unpaired) electrons. The number of aldehydes is 1. The maximum absolute atomic E-state index is 12.4. The van der Waals surface area contributed by atoms with Crippen molar-refractivity contribution in [2.45, 2.75) is 65.2 Å². The topological polar surface area (TPSA) is 34.1 Å². The van der Waals surface area contributed by atoms with Crippen molar-refractivity contribution < 1.29 is 9.59 Å². The van der Waals surface area contributed by atoms with Crippen LogP contribution in [0.1, 0.15) is 65.2 Å². The van der Waals surface area contributed by atoms with Crippen molar-refractivity contribution in [3.05, 3.63) is 11.6 Å². The van der Waals surface area contributed by atoms with Crippen molar-refractivity contribution in [1.29, 1.82) is 0 Å². The Kier molecular flexibility index (Phi) is 3.19. The van der Waals surface area contributed by atoms with Crippen LogP contribution in [0.4, 0.5) is 0 Å². The molecule has 4 aliphatic rings. The van der Waals surface area contributed by atoms with Gasteiger partial charge in [0.15, 0.2) is 0 Å². The maximum Gasteiger partial charge on any atom is 0.139 e. The predicted molar refractivity (Wildman–Crippen MR) is 86.3 cm³/mol. The van der Waals surface area contributed by atoms with Crippen molar-refractivity contribution in [1.82, 2.24) is 0 Å². The first-order valence-corrected chi connectivity index (χ1v) is 9.17. The smallest absolute Gasteiger partial charge is 0.139 e. The lowest BCUT2D eigenvalue weighted by Gasteiger charge is -2.56. The third-order valence-corrected chi connectivity index (χ3v) is 8.04. The highest BCUT2D eigenvalue weighted by Gasteiger charge is 2.58. The second-order valence-corrected chi connectivity index (χ2v) is 8.82. The number of ketones is 1. The van der Waals surface area contributed by atoms with E-state index in [-0.39, 0.29) is 11.3 Å². The lowest BCUT2D eigenvalue weighted by atomic mass is 9.47. The van der Waals surface area contributed by atoms with Crippen LogP contribution in [0.2, 0.25) is 0 Å². The van der Waals surface area contributed by atoms with E-state index < -0.39 is 0 Å². The minimum absolute atomic E-state index is 0.0249. The highest BCUT2D eigenvalue weighted by atomic mass is 16.1. The third kappa shape index (κ3) is 1.79. The molecule has 0 amide bonds. The van der Waals surface area contributed by atoms with Gasteiger partial charge in [0.05, 0.1) is 0 Å². The molecule has 0 heterocycles. The highest BCUT2D eigenvalue weighted by Crippen LogP contribution is 2.64. The number of Topliss-reactive ketones (excluding diaryl/α,β-unsaturated/α-hetero) is 1. The van der Waals surface area contributed by atoms with E-state index in [1.54, 1.807) is 5.57 Å². The Hall–Kier alpha value is -0.920. The molecule has 22 heavy (non-hydrogen) atoms. The fraction of sp³-hybridized carbons (Fsp3) is 0.800. The highest BCUT2D eigenvalue weighted by molar-refractivity contribution is 5.87. The zero-order valence-electron chi connectivity index (χ0n) is 13.9. The molecule has 2 heteroatoms. The van der Waals surface area contributed by atoms with E-state index in [2.05, 4.69) is 19.9 Å². The lowest BCUT2D eigenvalue weighted by molar-refractivity contribution is -0.132. The van der Waals surface area contributed by atoms with Crippen LogP contribution in [-0.2, 0) is 9.59 Å². The third-order valence-electron chi connectivity index (χ3n) is 8.04. The molecule has 120 valence electrons. The van der Waals surface area contributed by atoms with Crippen LogP contribution < -0.4 is 0 Å². The van der Waals surface area contributed by atoms with Crippen LogP contribution in [0.25, 0.3) is 0 Å². The van der Waals surface area contributed by atoms with Crippen molar-refractivity contribution in [3.63, 3.8) is 0 Å². The van der Waals surface area contributed by atoms with Gasteiger partial charge in [-0.2, -0.15) is 0 Å². The van der Waals surface area contributed by atoms with E-state index in [4.69, 9.17) is 0 Å². The van der Waals surface area contributed by atoms with Gasteiger partial charge in [0, 0.05) is 17.8 Å². The van der Waals surface area contributed by atoms with Gasteiger partial charge < -0.3 is 4.79 Å². The lowest BCUT2D eigenvalue weighted by Crippen LogP contribution is -2.50. The van der Waals surface area contributed by atoms with Crippen molar-refractivity contribution in [2.24, 2.45) is 34.5 Å². The Morgan fingerprint density at radius 2 is 1.82 bits per heavy atom. The van der Waals surface area contributed by atoms with Gasteiger partial charge in [0.25, 0.3) is 0 Å². The molecule has 0 aromatic rings. The maximum atomic E-state index is 12.4. The quantitative estimate of drug-likeness (QED) is 0.533. The Morgan fingerprint density at radius 3 is 2.59 bits per heavy atom. The number of fused-ring (bicyclic) bond motifs is 5. The molecule has 0 bridgehead atoms. The molecule has 3 fully saturated rings. The Morgan fingerprint density at radius 1 is 1.09 bits per heavy atom. The van der Waals surface area contributed by atoms with Crippen LogP contribution in [0.3, 0.4) is 0 Å². The van der Waals surface area contributed by atoms with E-state index >= 15 is 0 Å². The standard InChI is InChI=1S/C20H28O2/c1-19-9-7-13(12-21)11-14(19)3-4-15-16-5-6-18(22)20(16,2)10-8-17(15)19/h3,12-13,15-17H,4-11H2,1-2H3. The molecule has 0 aromatic carbocycles. The van der Waals surface area contributed by atoms with Gasteiger partial charge in [0.1, 0.15) is 12.1 Å². The predicted octanol–water partition coefficient (Wildman–Crippen LogP) is 4.33. The minimum Gasteiger partial charge on any atom is -0.303 e. The summed E-state index contributed by atoms with van der Waals surface area (Å²) in [5.41, 5.74) is 1.84. The van der Waals surface area contributed by atoms with Crippen LogP contribution in [0.15, 0.2) is 11.6 Å². The number of carbonyl (C=O) groups is 2. The number of hydrogen-bond donors (Lipinski definition) is 0. The largest absolute Gasteiger partial charge is 0.303 e. The first kappa shape index (κ1) is 14.7. The van der Waals surface area contributed by atoms with Gasteiger partial charge in [-0.25, -0.2) is 0 Å². The summed E-state index contributed by atoms with van der Waals surface area (Å²) in [6.07, 6.45) is 12.2. The molecular formula is C20H28O2. The molecule has 0 N–H and O–H groups in total. The first-order chi connectivity index (χ1) is 10.5. The summed E-state index contributed by atoms with van der Waals surface area (Å²) in [7, 11) is 0. The molecule has 2 nitrogen and oxygen atoms in total. The van der Waals surface area contributed by atoms with Gasteiger partial charge in [-0.05, 0) is 68.1 Å². The van der Waals surface area contributed by atoms with Gasteiger partial charge >= 0.3 is 0 Å². The summed E-state index contributed by atoms with van der Waals surface area (Å²) in [6.45, 7) is 4.70. The normalized spacial score (nSPS) is 50.6. The Balaban J connectivity index is 1.67. The van der Waals surface area contributed by atoms with Crippen molar-refractivity contribution in [3.8, 4) is 0 Å². The van der Waals surface area contributed by atoms with Crippen LogP contribution >= 0.6 is 0 Å². The molecule has 3 saturated carbocycles. The number of rotatable bonds is 1. The molecule has 0 aliphatic heterocycles. The van der Waals surface area contributed by atoms with E-state index in [1.807, 2.05) is 0 Å². The van der Waals surface area contributed by atoms with Crippen LogP contribution in [0, 0.1) is 34.5 Å². The van der Waals surface area contributed by atoms with E-state index in [1.165, 1.54) is 19.1 Å². The molecule has 0 aromatic heterocycles. The molecule has 6 atom stereocenters. The number of hydrogen-bond acceptors (Lipinski definition) is 2. The number of allylic oxidation sites excluding steroid dienone is 2. The summed E-state index contributed by atoms with van der Waals surface area (Å²) < 4.78 is 0. The van der Waals surface area contributed by atoms with E-state index in [9.17, 15) is 9.59 Å². The minimum atomic E-state index is -0.0249. The van der Waals surface area contributed by atoms with Crippen LogP contribution in [-0.4, -0.2) is 12.1 Å². The second-order valence-electron chi connectivity index (χ2n) is 8.82. The average Bonchev–Trinajstić information content (AvgIpc) is 2.82. The molecule has 4 rings (SSSR count). The SMILES string of the molecule is CC12CCC3C(CC=C4CC(C=O)CCC43C)C1CCC2=O. The summed E-state index contributed by atoms with van der Waals surface area (Å²) in [5.74, 6) is 2.83. The average molecular weight is 300 g/mol. The summed E-state index contributed by atoms with van der Waals surface area (Å²) in [5, 5.41) is 0. The van der Waals surface area contributed by atoms with Crippen LogP contribution in [0.5, 0.6) is 0 Å². The number of carbonyl (C=O) groups excluding carboxylic acids is 2. The second kappa shape index (κ2) is 4.79. The molecular weight excluding hydrogens is 272 g/mol. The van der Waals surface area contributed by atoms with Gasteiger partial charge in [-0.1, -0.05) is 25.5 Å². The monoisotopic (exact) mass is 300 g/mol. The van der Waals surface area contributed by atoms with E-state index in [0.29, 0.717) is 23.0 Å². The first-order valence-electron chi connectivity index (χ1n) is 9.17. The Bertz CT molecular complexity index is 548. The Labute approximate surface area is 133 Å². The zero-order chi connectivity index (χ0) is 15.5. The summed E-state index contributed by atoms with van der Waals surface area (Å²) in [4.78, 5) is 23.6. The molecule has 0 spiro atoms. The summed E-state index contributed by atoms with van der Waals surface area (Å²) in [6, 6.07) is 0. The van der Waals surface area contributed by atoms with Gasteiger partial charge in [-0.15, -0.1) is 0 Å². The molecule has 4 aliphatic carbocycles. The van der Waals surface area contributed by atoms with Crippen molar-refractivity contribution >= 4 is 12.1 Å².